The maximum Gasteiger partial charge on any atom is 0.116 e. The lowest BCUT2D eigenvalue weighted by Crippen LogP contribution is -2.13. The summed E-state index contributed by atoms with van der Waals surface area (Å²) in [6.07, 6.45) is 7.01. The van der Waals surface area contributed by atoms with Crippen LogP contribution in [0.3, 0.4) is 0 Å². The van der Waals surface area contributed by atoms with Crippen LogP contribution in [0.15, 0.2) is 42.6 Å². The van der Waals surface area contributed by atoms with Gasteiger partial charge in [0, 0.05) is 6.20 Å². The molecule has 90 valence electrons. The number of ether oxygens (including phenoxy) is 1. The minimum Gasteiger partial charge on any atom is -0.368 e. The van der Waals surface area contributed by atoms with Gasteiger partial charge in [0.25, 0.3) is 0 Å². The Morgan fingerprint density at radius 2 is 2.06 bits per heavy atom. The molecule has 1 aromatic rings. The zero-order valence-electron chi connectivity index (χ0n) is 9.86. The molecule has 0 fully saturated rings. The molecule has 0 unspecified atom stereocenters. The highest BCUT2D eigenvalue weighted by Gasteiger charge is 2.00. The fourth-order valence-corrected chi connectivity index (χ4v) is 1.77. The number of allylic oxidation sites excluding steroid dienone is 2. The third-order valence-corrected chi connectivity index (χ3v) is 2.67. The van der Waals surface area contributed by atoms with E-state index in [1.54, 1.807) is 0 Å². The topological polar surface area (TPSA) is 47.3 Å². The first kappa shape index (κ1) is 11.9. The maximum absolute atomic E-state index is 5.53. The van der Waals surface area contributed by atoms with Gasteiger partial charge in [-0.25, -0.2) is 0 Å². The second kappa shape index (κ2) is 6.23. The Morgan fingerprint density at radius 1 is 1.24 bits per heavy atom. The van der Waals surface area contributed by atoms with Crippen molar-refractivity contribution in [3.63, 3.8) is 0 Å². The van der Waals surface area contributed by atoms with Gasteiger partial charge in [-0.15, -0.1) is 0 Å². The van der Waals surface area contributed by atoms with Crippen molar-refractivity contribution in [3.8, 4) is 0 Å². The average Bonchev–Trinajstić information content (AvgIpc) is 2.30. The second-order valence-electron chi connectivity index (χ2n) is 3.96. The quantitative estimate of drug-likeness (QED) is 0.830. The van der Waals surface area contributed by atoms with Gasteiger partial charge in [0.1, 0.15) is 6.73 Å². The lowest BCUT2D eigenvalue weighted by Gasteiger charge is -2.09. The Balaban J connectivity index is 2.15. The van der Waals surface area contributed by atoms with Crippen LogP contribution in [0.25, 0.3) is 5.57 Å². The van der Waals surface area contributed by atoms with E-state index < -0.39 is 0 Å². The molecule has 0 saturated heterocycles. The van der Waals surface area contributed by atoms with Crippen molar-refractivity contribution in [1.82, 2.24) is 5.32 Å². The number of hydrogen-bond donors (Lipinski definition) is 2. The first-order chi connectivity index (χ1) is 8.40. The molecule has 3 N–H and O–H groups in total. The molecule has 0 bridgehead atoms. The number of rotatable bonds is 3. The number of nitrogens with one attached hydrogen (secondary N) is 1. The third kappa shape index (κ3) is 3.44. The van der Waals surface area contributed by atoms with E-state index >= 15 is 0 Å². The van der Waals surface area contributed by atoms with Crippen molar-refractivity contribution in [2.24, 2.45) is 5.73 Å². The van der Waals surface area contributed by atoms with Crippen LogP contribution in [-0.2, 0) is 11.2 Å². The van der Waals surface area contributed by atoms with Gasteiger partial charge in [0.15, 0.2) is 0 Å². The van der Waals surface area contributed by atoms with Crippen LogP contribution in [0.5, 0.6) is 0 Å². The minimum absolute atomic E-state index is 0.555. The van der Waals surface area contributed by atoms with Crippen LogP contribution in [0, 0.1) is 0 Å². The van der Waals surface area contributed by atoms with Gasteiger partial charge in [-0.1, -0.05) is 36.4 Å². The molecule has 2 rings (SSSR count). The molecule has 0 amide bonds. The van der Waals surface area contributed by atoms with Gasteiger partial charge in [-0.05, 0) is 29.7 Å². The fraction of sp³-hybridized carbons (Fsp3) is 0.286. The van der Waals surface area contributed by atoms with Crippen molar-refractivity contribution in [3.05, 3.63) is 53.7 Å². The summed E-state index contributed by atoms with van der Waals surface area (Å²) < 4.78 is 5.25. The molecule has 0 spiro atoms. The highest BCUT2D eigenvalue weighted by molar-refractivity contribution is 5.73. The van der Waals surface area contributed by atoms with E-state index in [1.807, 2.05) is 12.3 Å². The van der Waals surface area contributed by atoms with Crippen molar-refractivity contribution in [2.75, 3.05) is 19.9 Å². The highest BCUT2D eigenvalue weighted by atomic mass is 16.5. The van der Waals surface area contributed by atoms with Crippen LogP contribution < -0.4 is 11.1 Å². The first-order valence-corrected chi connectivity index (χ1v) is 5.87. The van der Waals surface area contributed by atoms with E-state index in [4.69, 9.17) is 10.5 Å². The minimum atomic E-state index is 0.555. The van der Waals surface area contributed by atoms with E-state index in [0.717, 1.165) is 6.42 Å². The van der Waals surface area contributed by atoms with Gasteiger partial charge in [-0.3, -0.25) is 0 Å². The van der Waals surface area contributed by atoms with Crippen LogP contribution in [0.2, 0.25) is 0 Å². The molecule has 1 aliphatic heterocycles. The Bertz CT molecular complexity index is 407. The predicted molar refractivity (Wildman–Crippen MR) is 70.3 cm³/mol. The van der Waals surface area contributed by atoms with Crippen LogP contribution >= 0.6 is 0 Å². The Morgan fingerprint density at radius 3 is 2.82 bits per heavy atom. The van der Waals surface area contributed by atoms with E-state index in [9.17, 15) is 0 Å². The summed E-state index contributed by atoms with van der Waals surface area (Å²) >= 11 is 0. The second-order valence-corrected chi connectivity index (χ2v) is 3.96. The first-order valence-electron chi connectivity index (χ1n) is 5.87. The largest absolute Gasteiger partial charge is 0.368 e. The molecule has 0 aliphatic carbocycles. The van der Waals surface area contributed by atoms with Gasteiger partial charge in [-0.2, -0.15) is 0 Å². The summed E-state index contributed by atoms with van der Waals surface area (Å²) in [6, 6.07) is 8.52. The third-order valence-electron chi connectivity index (χ3n) is 2.67. The molecule has 0 radical (unpaired) electrons. The number of nitrogens with two attached hydrogens (primary N) is 1. The monoisotopic (exact) mass is 230 g/mol. The molecule has 1 aliphatic rings. The van der Waals surface area contributed by atoms with Crippen LogP contribution in [-0.4, -0.2) is 19.9 Å². The predicted octanol–water partition coefficient (Wildman–Crippen LogP) is 1.66. The molecule has 0 aromatic heterocycles. The molecule has 3 heteroatoms. The molecule has 3 nitrogen and oxygen atoms in total. The van der Waals surface area contributed by atoms with Crippen molar-refractivity contribution < 1.29 is 4.74 Å². The zero-order valence-corrected chi connectivity index (χ0v) is 9.86. The summed E-state index contributed by atoms with van der Waals surface area (Å²) in [4.78, 5) is 0. The lowest BCUT2D eigenvalue weighted by atomic mass is 10.0. The maximum atomic E-state index is 5.53. The summed E-state index contributed by atoms with van der Waals surface area (Å²) in [5.41, 5.74) is 9.19. The van der Waals surface area contributed by atoms with Crippen molar-refractivity contribution in [1.29, 1.82) is 0 Å². The van der Waals surface area contributed by atoms with Crippen molar-refractivity contribution >= 4 is 5.57 Å². The van der Waals surface area contributed by atoms with Gasteiger partial charge >= 0.3 is 0 Å². The summed E-state index contributed by atoms with van der Waals surface area (Å²) in [5, 5.41) is 3.12. The van der Waals surface area contributed by atoms with Gasteiger partial charge in [0.2, 0.25) is 0 Å². The van der Waals surface area contributed by atoms with Gasteiger partial charge < -0.3 is 15.8 Å². The van der Waals surface area contributed by atoms with Crippen LogP contribution in [0.1, 0.15) is 11.1 Å². The lowest BCUT2D eigenvalue weighted by molar-refractivity contribution is 0.152. The number of benzene rings is 1. The summed E-state index contributed by atoms with van der Waals surface area (Å²) in [6.45, 7) is 1.90. The Kier molecular flexibility index (Phi) is 4.36. The molecule has 0 atom stereocenters. The zero-order chi connectivity index (χ0) is 11.9. The summed E-state index contributed by atoms with van der Waals surface area (Å²) in [5.74, 6) is 0. The molecular formula is C14H18N2O. The molecule has 1 aromatic carbocycles. The van der Waals surface area contributed by atoms with Gasteiger partial charge in [0.05, 0.1) is 6.61 Å². The molecular weight excluding hydrogens is 212 g/mol. The molecule has 1 heterocycles. The molecule has 17 heavy (non-hydrogen) atoms. The summed E-state index contributed by atoms with van der Waals surface area (Å²) in [7, 11) is 0. The van der Waals surface area contributed by atoms with E-state index in [0.29, 0.717) is 19.9 Å². The van der Waals surface area contributed by atoms with E-state index in [-0.39, 0.29) is 0 Å². The average molecular weight is 230 g/mol. The van der Waals surface area contributed by atoms with Crippen LogP contribution in [0.4, 0.5) is 0 Å². The normalized spacial score (nSPS) is 15.7. The smallest absolute Gasteiger partial charge is 0.116 e. The standard InChI is InChI=1S/C14H18N2O/c15-8-7-12-3-5-13(6-4-12)14-2-1-9-17-11-16-10-14/h1-6,10,16H,7-9,11,15H2. The SMILES string of the molecule is NCCc1ccc(C2=CNCOCC=C2)cc1. The van der Waals surface area contributed by atoms with Crippen molar-refractivity contribution in [2.45, 2.75) is 6.42 Å². The molecule has 0 saturated carbocycles. The fourth-order valence-electron chi connectivity index (χ4n) is 1.77. The highest BCUT2D eigenvalue weighted by Crippen LogP contribution is 2.16. The van der Waals surface area contributed by atoms with E-state index in [2.05, 4.69) is 35.7 Å². The van der Waals surface area contributed by atoms with E-state index in [1.165, 1.54) is 16.7 Å². The Hall–Kier alpha value is -1.58. The Labute approximate surface area is 102 Å². The number of hydrogen-bond acceptors (Lipinski definition) is 3.